The van der Waals surface area contributed by atoms with Gasteiger partial charge in [-0.3, -0.25) is 0 Å². The highest BCUT2D eigenvalue weighted by molar-refractivity contribution is 5.64. The normalized spacial score (nSPS) is 13.7. The first kappa shape index (κ1) is 12.0. The second-order valence-corrected chi connectivity index (χ2v) is 4.84. The van der Waals surface area contributed by atoms with Crippen LogP contribution in [0.15, 0.2) is 36.4 Å². The van der Waals surface area contributed by atoms with Gasteiger partial charge in [0, 0.05) is 30.5 Å². The second-order valence-electron chi connectivity index (χ2n) is 4.84. The number of halogens is 2. The van der Waals surface area contributed by atoms with E-state index in [1.165, 1.54) is 17.7 Å². The van der Waals surface area contributed by atoms with Crippen LogP contribution in [0.4, 0.5) is 20.2 Å². The van der Waals surface area contributed by atoms with Crippen molar-refractivity contribution in [3.05, 3.63) is 59.2 Å². The molecule has 1 aliphatic rings. The molecule has 2 aromatic rings. The van der Waals surface area contributed by atoms with Gasteiger partial charge in [0.1, 0.15) is 11.6 Å². The maximum atomic E-state index is 13.2. The molecule has 0 bridgehead atoms. The van der Waals surface area contributed by atoms with E-state index in [1.807, 2.05) is 18.2 Å². The van der Waals surface area contributed by atoms with Crippen molar-refractivity contribution in [1.82, 2.24) is 0 Å². The van der Waals surface area contributed by atoms with E-state index in [0.29, 0.717) is 17.8 Å². The molecule has 2 aromatic carbocycles. The Hall–Kier alpha value is -2.10. The summed E-state index contributed by atoms with van der Waals surface area (Å²) in [6.07, 6.45) is 0.938. The van der Waals surface area contributed by atoms with Crippen molar-refractivity contribution in [2.24, 2.45) is 0 Å². The number of hydrogen-bond acceptors (Lipinski definition) is 2. The van der Waals surface area contributed by atoms with Crippen LogP contribution in [0.3, 0.4) is 0 Å². The minimum Gasteiger partial charge on any atom is -0.399 e. The predicted molar refractivity (Wildman–Crippen MR) is 72.0 cm³/mol. The highest BCUT2D eigenvalue weighted by Gasteiger charge is 2.19. The first-order chi connectivity index (χ1) is 9.11. The molecule has 0 atom stereocenters. The third kappa shape index (κ3) is 2.38. The molecule has 0 aliphatic carbocycles. The topological polar surface area (TPSA) is 29.3 Å². The summed E-state index contributed by atoms with van der Waals surface area (Å²) in [6, 6.07) is 9.43. The molecular formula is C15H14F2N2. The van der Waals surface area contributed by atoms with Crippen LogP contribution >= 0.6 is 0 Å². The van der Waals surface area contributed by atoms with E-state index in [0.717, 1.165) is 24.7 Å². The molecule has 2 nitrogen and oxygen atoms in total. The molecule has 0 saturated carbocycles. The summed E-state index contributed by atoms with van der Waals surface area (Å²) in [7, 11) is 0. The number of nitrogens with two attached hydrogens (primary N) is 1. The van der Waals surface area contributed by atoms with Crippen molar-refractivity contribution in [2.45, 2.75) is 13.0 Å². The second kappa shape index (κ2) is 4.53. The van der Waals surface area contributed by atoms with Gasteiger partial charge in [-0.15, -0.1) is 0 Å². The van der Waals surface area contributed by atoms with Crippen LogP contribution < -0.4 is 10.6 Å². The van der Waals surface area contributed by atoms with Crippen LogP contribution in [0, 0.1) is 11.6 Å². The van der Waals surface area contributed by atoms with Crippen molar-refractivity contribution in [2.75, 3.05) is 17.2 Å². The Morgan fingerprint density at radius 3 is 2.53 bits per heavy atom. The lowest BCUT2D eigenvalue weighted by molar-refractivity contribution is 0.579. The molecule has 0 spiro atoms. The molecule has 1 aliphatic heterocycles. The predicted octanol–water partition coefficient (Wildman–Crippen LogP) is 3.11. The molecule has 0 fully saturated rings. The van der Waals surface area contributed by atoms with Crippen LogP contribution in [-0.4, -0.2) is 6.54 Å². The molecule has 2 N–H and O–H groups in total. The van der Waals surface area contributed by atoms with Crippen molar-refractivity contribution in [3.63, 3.8) is 0 Å². The van der Waals surface area contributed by atoms with Crippen molar-refractivity contribution >= 4 is 11.4 Å². The van der Waals surface area contributed by atoms with Crippen LogP contribution in [-0.2, 0) is 13.0 Å². The summed E-state index contributed by atoms with van der Waals surface area (Å²) in [4.78, 5) is 2.10. The van der Waals surface area contributed by atoms with Gasteiger partial charge in [0.15, 0.2) is 0 Å². The molecule has 3 rings (SSSR count). The van der Waals surface area contributed by atoms with Gasteiger partial charge in [0.2, 0.25) is 0 Å². The van der Waals surface area contributed by atoms with E-state index in [-0.39, 0.29) is 0 Å². The highest BCUT2D eigenvalue weighted by Crippen LogP contribution is 2.31. The van der Waals surface area contributed by atoms with Gasteiger partial charge in [-0.2, -0.15) is 0 Å². The molecule has 0 aromatic heterocycles. The Balaban J connectivity index is 1.88. The van der Waals surface area contributed by atoms with Gasteiger partial charge in [-0.05, 0) is 41.8 Å². The van der Waals surface area contributed by atoms with Gasteiger partial charge in [0.25, 0.3) is 0 Å². The van der Waals surface area contributed by atoms with Crippen molar-refractivity contribution < 1.29 is 8.78 Å². The standard InChI is InChI=1S/C15H14F2N2/c16-12-5-10(6-13(17)7-12)9-19-4-3-11-1-2-14(18)8-15(11)19/h1-2,5-8H,3-4,9,18H2. The lowest BCUT2D eigenvalue weighted by Gasteiger charge is -2.20. The maximum absolute atomic E-state index is 13.2. The van der Waals surface area contributed by atoms with Crippen LogP contribution in [0.25, 0.3) is 0 Å². The molecule has 0 unspecified atom stereocenters. The van der Waals surface area contributed by atoms with Crippen LogP contribution in [0.1, 0.15) is 11.1 Å². The van der Waals surface area contributed by atoms with Gasteiger partial charge in [0.05, 0.1) is 0 Å². The number of hydrogen-bond donors (Lipinski definition) is 1. The van der Waals surface area contributed by atoms with E-state index >= 15 is 0 Å². The minimum absolute atomic E-state index is 0.491. The lowest BCUT2D eigenvalue weighted by Crippen LogP contribution is -2.19. The quantitative estimate of drug-likeness (QED) is 0.841. The Labute approximate surface area is 110 Å². The van der Waals surface area contributed by atoms with E-state index < -0.39 is 11.6 Å². The Morgan fingerprint density at radius 2 is 1.79 bits per heavy atom. The molecule has 4 heteroatoms. The lowest BCUT2D eigenvalue weighted by atomic mass is 10.1. The molecule has 98 valence electrons. The monoisotopic (exact) mass is 260 g/mol. The number of benzene rings is 2. The molecule has 0 saturated heterocycles. The largest absolute Gasteiger partial charge is 0.399 e. The molecule has 0 amide bonds. The molecule has 19 heavy (non-hydrogen) atoms. The fourth-order valence-corrected chi connectivity index (χ4v) is 2.55. The maximum Gasteiger partial charge on any atom is 0.126 e. The fraction of sp³-hybridized carbons (Fsp3) is 0.200. The third-order valence-electron chi connectivity index (χ3n) is 3.40. The van der Waals surface area contributed by atoms with E-state index in [2.05, 4.69) is 4.90 Å². The molecule has 1 heterocycles. The van der Waals surface area contributed by atoms with Crippen LogP contribution in [0.5, 0.6) is 0 Å². The summed E-state index contributed by atoms with van der Waals surface area (Å²) in [5.41, 5.74) is 9.41. The zero-order chi connectivity index (χ0) is 13.4. The van der Waals surface area contributed by atoms with E-state index in [1.54, 1.807) is 0 Å². The smallest absolute Gasteiger partial charge is 0.126 e. The highest BCUT2D eigenvalue weighted by atomic mass is 19.1. The van der Waals surface area contributed by atoms with Crippen LogP contribution in [0.2, 0.25) is 0 Å². The molecule has 0 radical (unpaired) electrons. The average molecular weight is 260 g/mol. The summed E-state index contributed by atoms with van der Waals surface area (Å²) < 4.78 is 26.4. The third-order valence-corrected chi connectivity index (χ3v) is 3.40. The van der Waals surface area contributed by atoms with Gasteiger partial charge in [-0.25, -0.2) is 8.78 Å². The Bertz CT molecular complexity index is 605. The van der Waals surface area contributed by atoms with Crippen molar-refractivity contribution in [3.8, 4) is 0 Å². The van der Waals surface area contributed by atoms with Gasteiger partial charge < -0.3 is 10.6 Å². The summed E-state index contributed by atoms with van der Waals surface area (Å²) >= 11 is 0. The summed E-state index contributed by atoms with van der Waals surface area (Å²) in [6.45, 7) is 1.34. The van der Waals surface area contributed by atoms with E-state index in [9.17, 15) is 8.78 Å². The van der Waals surface area contributed by atoms with Gasteiger partial charge >= 0.3 is 0 Å². The summed E-state index contributed by atoms with van der Waals surface area (Å²) in [5, 5.41) is 0. The average Bonchev–Trinajstić information content (AvgIpc) is 2.70. The molecular weight excluding hydrogens is 246 g/mol. The first-order valence-electron chi connectivity index (χ1n) is 6.20. The first-order valence-corrected chi connectivity index (χ1v) is 6.20. The number of rotatable bonds is 2. The number of anilines is 2. The Morgan fingerprint density at radius 1 is 1.05 bits per heavy atom. The Kier molecular flexibility index (Phi) is 2.85. The minimum atomic E-state index is -0.540. The number of nitrogen functional groups attached to an aromatic ring is 1. The summed E-state index contributed by atoms with van der Waals surface area (Å²) in [5.74, 6) is -1.08. The number of fused-ring (bicyclic) bond motifs is 1. The van der Waals surface area contributed by atoms with Crippen molar-refractivity contribution in [1.29, 1.82) is 0 Å². The zero-order valence-corrected chi connectivity index (χ0v) is 10.4. The van der Waals surface area contributed by atoms with Gasteiger partial charge in [-0.1, -0.05) is 6.07 Å². The zero-order valence-electron chi connectivity index (χ0n) is 10.4. The fourth-order valence-electron chi connectivity index (χ4n) is 2.55. The van der Waals surface area contributed by atoms with E-state index in [4.69, 9.17) is 5.73 Å². The SMILES string of the molecule is Nc1ccc2c(c1)N(Cc1cc(F)cc(F)c1)CC2. The number of nitrogens with zero attached hydrogens (tertiary/aromatic N) is 1.